The second-order valence-corrected chi connectivity index (χ2v) is 12.8. The van der Waals surface area contributed by atoms with Crippen LogP contribution in [0.25, 0.3) is 21.6 Å². The van der Waals surface area contributed by atoms with Crippen molar-refractivity contribution in [1.82, 2.24) is 5.32 Å². The van der Waals surface area contributed by atoms with Gasteiger partial charge in [0.2, 0.25) is 0 Å². The molecule has 0 radical (unpaired) electrons. The molecule has 0 bridgehead atoms. The van der Waals surface area contributed by atoms with Crippen LogP contribution in [0.2, 0.25) is 0 Å². The molecule has 0 saturated carbocycles. The highest BCUT2D eigenvalue weighted by Gasteiger charge is 2.37. The second kappa shape index (κ2) is 11.0. The van der Waals surface area contributed by atoms with Crippen LogP contribution in [-0.4, -0.2) is 30.3 Å². The molecule has 198 valence electrons. The third-order valence-electron chi connectivity index (χ3n) is 7.66. The van der Waals surface area contributed by atoms with E-state index in [0.717, 1.165) is 53.1 Å². The lowest BCUT2D eigenvalue weighted by Gasteiger charge is -2.42. The number of hydrogen-bond acceptors (Lipinski definition) is 4. The topological polar surface area (TPSA) is 58.6 Å². The molecular formula is C32H41NO3S. The average Bonchev–Trinajstić information content (AvgIpc) is 3.35. The molecule has 1 aliphatic carbocycles. The van der Waals surface area contributed by atoms with E-state index in [4.69, 9.17) is 4.74 Å². The quantitative estimate of drug-likeness (QED) is 0.265. The molecule has 1 aliphatic rings. The smallest absolute Gasteiger partial charge is 0.336 e. The fourth-order valence-corrected chi connectivity index (χ4v) is 6.07. The summed E-state index contributed by atoms with van der Waals surface area (Å²) >= 11 is 1.46. The maximum absolute atomic E-state index is 11.5. The van der Waals surface area contributed by atoms with Gasteiger partial charge in [-0.15, -0.1) is 11.3 Å². The Morgan fingerprint density at radius 1 is 0.973 bits per heavy atom. The van der Waals surface area contributed by atoms with Crippen LogP contribution in [0.15, 0.2) is 47.8 Å². The number of benzene rings is 2. The molecule has 0 amide bonds. The monoisotopic (exact) mass is 519 g/mol. The zero-order valence-corrected chi connectivity index (χ0v) is 23.9. The zero-order chi connectivity index (χ0) is 26.8. The first-order chi connectivity index (χ1) is 17.5. The predicted molar refractivity (Wildman–Crippen MR) is 155 cm³/mol. The van der Waals surface area contributed by atoms with Crippen molar-refractivity contribution in [2.45, 2.75) is 84.1 Å². The SMILES string of the molecule is CC(C)NCCCCOc1ccc(-c2cc(C(=O)O)cs2)cc1-c1ccc2c(c1)C(C)(C)CCC2(C)C. The van der Waals surface area contributed by atoms with Gasteiger partial charge in [0.15, 0.2) is 0 Å². The van der Waals surface area contributed by atoms with Gasteiger partial charge >= 0.3 is 5.97 Å². The van der Waals surface area contributed by atoms with E-state index in [9.17, 15) is 9.90 Å². The van der Waals surface area contributed by atoms with Crippen molar-refractivity contribution >= 4 is 17.3 Å². The molecule has 2 aromatic carbocycles. The molecular weight excluding hydrogens is 478 g/mol. The number of thiophene rings is 1. The van der Waals surface area contributed by atoms with E-state index in [1.807, 2.05) is 12.1 Å². The van der Waals surface area contributed by atoms with Crippen LogP contribution in [0.3, 0.4) is 0 Å². The number of hydrogen-bond donors (Lipinski definition) is 2. The minimum atomic E-state index is -0.894. The maximum Gasteiger partial charge on any atom is 0.336 e. The zero-order valence-electron chi connectivity index (χ0n) is 23.1. The van der Waals surface area contributed by atoms with Crippen molar-refractivity contribution in [3.63, 3.8) is 0 Å². The molecule has 0 aliphatic heterocycles. The molecule has 4 rings (SSSR count). The number of fused-ring (bicyclic) bond motifs is 1. The number of rotatable bonds is 10. The van der Waals surface area contributed by atoms with Gasteiger partial charge in [-0.1, -0.05) is 59.7 Å². The fourth-order valence-electron chi connectivity index (χ4n) is 5.19. The van der Waals surface area contributed by atoms with Crippen LogP contribution in [0.1, 0.15) is 88.7 Å². The Bertz CT molecular complexity index is 1250. The molecule has 0 spiro atoms. The third kappa shape index (κ3) is 6.27. The van der Waals surface area contributed by atoms with E-state index in [1.54, 1.807) is 11.4 Å². The Labute approximate surface area is 226 Å². The number of carbonyl (C=O) groups is 1. The molecule has 0 saturated heterocycles. The van der Waals surface area contributed by atoms with Gasteiger partial charge in [-0.25, -0.2) is 4.79 Å². The molecule has 0 fully saturated rings. The lowest BCUT2D eigenvalue weighted by molar-refractivity contribution is 0.0697. The Kier molecular flexibility index (Phi) is 8.15. The van der Waals surface area contributed by atoms with Crippen LogP contribution in [-0.2, 0) is 10.8 Å². The summed E-state index contributed by atoms with van der Waals surface area (Å²) in [7, 11) is 0. The first-order valence-corrected chi connectivity index (χ1v) is 14.3. The van der Waals surface area contributed by atoms with Crippen molar-refractivity contribution in [3.05, 3.63) is 64.5 Å². The van der Waals surface area contributed by atoms with Crippen molar-refractivity contribution in [3.8, 4) is 27.3 Å². The maximum atomic E-state index is 11.5. The summed E-state index contributed by atoms with van der Waals surface area (Å²) in [5.41, 5.74) is 6.69. The Hall–Kier alpha value is -2.63. The van der Waals surface area contributed by atoms with Crippen LogP contribution in [0.5, 0.6) is 5.75 Å². The molecule has 1 aromatic heterocycles. The predicted octanol–water partition coefficient (Wildman–Crippen LogP) is 8.29. The molecule has 3 aromatic rings. The van der Waals surface area contributed by atoms with E-state index in [1.165, 1.54) is 28.9 Å². The molecule has 0 unspecified atom stereocenters. The number of carboxylic acids is 1. The Morgan fingerprint density at radius 3 is 2.35 bits per heavy atom. The van der Waals surface area contributed by atoms with E-state index in [0.29, 0.717) is 18.2 Å². The van der Waals surface area contributed by atoms with Crippen LogP contribution in [0.4, 0.5) is 0 Å². The first-order valence-electron chi connectivity index (χ1n) is 13.5. The molecule has 0 atom stereocenters. The van der Waals surface area contributed by atoms with Gasteiger partial charge in [0.05, 0.1) is 12.2 Å². The highest BCUT2D eigenvalue weighted by molar-refractivity contribution is 7.13. The molecule has 4 nitrogen and oxygen atoms in total. The summed E-state index contributed by atoms with van der Waals surface area (Å²) in [6.45, 7) is 15.4. The third-order valence-corrected chi connectivity index (χ3v) is 8.63. The summed E-state index contributed by atoms with van der Waals surface area (Å²) in [5.74, 6) is -0.0161. The van der Waals surface area contributed by atoms with Gasteiger partial charge in [-0.3, -0.25) is 0 Å². The molecule has 1 heterocycles. The second-order valence-electron chi connectivity index (χ2n) is 11.9. The van der Waals surface area contributed by atoms with Crippen LogP contribution < -0.4 is 10.1 Å². The molecule has 5 heteroatoms. The summed E-state index contributed by atoms with van der Waals surface area (Å²) in [6, 6.07) is 15.4. The van der Waals surface area contributed by atoms with Gasteiger partial charge in [0, 0.05) is 21.9 Å². The number of unbranched alkanes of at least 4 members (excludes halogenated alkanes) is 1. The lowest BCUT2D eigenvalue weighted by atomic mass is 9.63. The number of carboxylic acid groups (broad SMARTS) is 1. The van der Waals surface area contributed by atoms with Crippen molar-refractivity contribution in [1.29, 1.82) is 0 Å². The fraction of sp³-hybridized carbons (Fsp3) is 0.469. The van der Waals surface area contributed by atoms with Gasteiger partial charge in [-0.2, -0.15) is 0 Å². The Balaban J connectivity index is 1.69. The van der Waals surface area contributed by atoms with E-state index in [-0.39, 0.29) is 10.8 Å². The lowest BCUT2D eigenvalue weighted by Crippen LogP contribution is -2.33. The summed E-state index contributed by atoms with van der Waals surface area (Å²) < 4.78 is 6.35. The minimum Gasteiger partial charge on any atom is -0.493 e. The van der Waals surface area contributed by atoms with Crippen molar-refractivity contribution in [2.24, 2.45) is 0 Å². The number of ether oxygens (including phenoxy) is 1. The largest absolute Gasteiger partial charge is 0.493 e. The van der Waals surface area contributed by atoms with Crippen LogP contribution in [0, 0.1) is 0 Å². The highest BCUT2D eigenvalue weighted by Crippen LogP contribution is 2.47. The van der Waals surface area contributed by atoms with E-state index < -0.39 is 5.97 Å². The van der Waals surface area contributed by atoms with Crippen LogP contribution >= 0.6 is 11.3 Å². The Morgan fingerprint density at radius 2 is 1.68 bits per heavy atom. The normalized spacial score (nSPS) is 16.0. The average molecular weight is 520 g/mol. The highest BCUT2D eigenvalue weighted by atomic mass is 32.1. The molecule has 37 heavy (non-hydrogen) atoms. The van der Waals surface area contributed by atoms with Crippen molar-refractivity contribution in [2.75, 3.05) is 13.2 Å². The van der Waals surface area contributed by atoms with Gasteiger partial charge in [-0.05, 0) is 89.6 Å². The standard InChI is InChI=1S/C32H41NO3S/c1-21(2)33-15-7-8-16-36-28-12-10-23(29-19-24(20-37-29)30(34)35)17-25(28)22-9-11-26-27(18-22)32(5,6)14-13-31(26,3)4/h9-12,17-21,33H,7-8,13-16H2,1-6H3,(H,34,35). The van der Waals surface area contributed by atoms with E-state index in [2.05, 4.69) is 71.1 Å². The number of nitrogens with one attached hydrogen (secondary N) is 1. The number of aromatic carboxylic acids is 1. The van der Waals surface area contributed by atoms with Gasteiger partial charge in [0.25, 0.3) is 0 Å². The van der Waals surface area contributed by atoms with Gasteiger partial charge in [0.1, 0.15) is 5.75 Å². The van der Waals surface area contributed by atoms with Gasteiger partial charge < -0.3 is 15.2 Å². The summed E-state index contributed by atoms with van der Waals surface area (Å²) in [4.78, 5) is 12.4. The minimum absolute atomic E-state index is 0.118. The molecule has 2 N–H and O–H groups in total. The van der Waals surface area contributed by atoms with Crippen molar-refractivity contribution < 1.29 is 14.6 Å². The van der Waals surface area contributed by atoms with E-state index >= 15 is 0 Å². The first kappa shape index (κ1) is 27.4. The summed E-state index contributed by atoms with van der Waals surface area (Å²) in [6.07, 6.45) is 4.41. The summed E-state index contributed by atoms with van der Waals surface area (Å²) in [5, 5.41) is 14.6.